The summed E-state index contributed by atoms with van der Waals surface area (Å²) in [5, 5.41) is 9.94. The van der Waals surface area contributed by atoms with E-state index in [0.717, 1.165) is 0 Å². The molecular formula is C17H16O7. The largest absolute Gasteiger partial charge is 0.507 e. The van der Waals surface area contributed by atoms with Gasteiger partial charge in [0, 0.05) is 12.1 Å². The Morgan fingerprint density at radius 3 is 2.00 bits per heavy atom. The van der Waals surface area contributed by atoms with Crippen LogP contribution in [-0.4, -0.2) is 38.4 Å². The fourth-order valence-electron chi connectivity index (χ4n) is 1.97. The number of phenolic OH excluding ortho intramolecular Hbond substituents is 1. The van der Waals surface area contributed by atoms with E-state index in [1.165, 1.54) is 57.7 Å². The van der Waals surface area contributed by atoms with Gasteiger partial charge in [-0.1, -0.05) is 0 Å². The minimum atomic E-state index is -0.778. The van der Waals surface area contributed by atoms with E-state index in [1.54, 1.807) is 0 Å². The molecule has 0 atom stereocenters. The van der Waals surface area contributed by atoms with Crippen molar-refractivity contribution in [2.75, 3.05) is 21.3 Å². The predicted octanol–water partition coefficient (Wildman–Crippen LogP) is 2.42. The third kappa shape index (κ3) is 3.57. The highest BCUT2D eigenvalue weighted by Gasteiger charge is 2.18. The highest BCUT2D eigenvalue weighted by molar-refractivity contribution is 5.95. The number of carbonyl (C=O) groups excluding carboxylic acids is 2. The first-order chi connectivity index (χ1) is 11.5. The van der Waals surface area contributed by atoms with Gasteiger partial charge in [-0.3, -0.25) is 0 Å². The van der Waals surface area contributed by atoms with Gasteiger partial charge in [0.1, 0.15) is 17.1 Å². The highest BCUT2D eigenvalue weighted by Crippen LogP contribution is 2.34. The summed E-state index contributed by atoms with van der Waals surface area (Å²) in [6.45, 7) is 0. The molecule has 0 fully saturated rings. The molecule has 24 heavy (non-hydrogen) atoms. The molecule has 0 heterocycles. The molecule has 2 aromatic carbocycles. The van der Waals surface area contributed by atoms with Crippen LogP contribution in [0.5, 0.6) is 23.0 Å². The molecule has 0 radical (unpaired) electrons. The second kappa shape index (κ2) is 7.36. The fraction of sp³-hybridized carbons (Fsp3) is 0.176. The Morgan fingerprint density at radius 2 is 1.46 bits per heavy atom. The van der Waals surface area contributed by atoms with E-state index in [2.05, 4.69) is 4.74 Å². The molecule has 1 N–H and O–H groups in total. The summed E-state index contributed by atoms with van der Waals surface area (Å²) in [5.41, 5.74) is 0.246. The zero-order valence-electron chi connectivity index (χ0n) is 13.4. The normalized spacial score (nSPS) is 9.96. The molecule has 0 bridgehead atoms. The first kappa shape index (κ1) is 17.1. The van der Waals surface area contributed by atoms with Crippen LogP contribution in [0, 0.1) is 0 Å². The number of esters is 2. The molecule has 0 aliphatic heterocycles. The van der Waals surface area contributed by atoms with Gasteiger partial charge in [-0.2, -0.15) is 0 Å². The van der Waals surface area contributed by atoms with Gasteiger partial charge in [0.05, 0.1) is 26.9 Å². The summed E-state index contributed by atoms with van der Waals surface area (Å²) in [7, 11) is 4.10. The number of carbonyl (C=O) groups is 2. The Labute approximate surface area is 138 Å². The van der Waals surface area contributed by atoms with Crippen LogP contribution in [0.4, 0.5) is 0 Å². The lowest BCUT2D eigenvalue weighted by Gasteiger charge is -2.11. The van der Waals surface area contributed by atoms with Crippen LogP contribution in [0.25, 0.3) is 0 Å². The van der Waals surface area contributed by atoms with Gasteiger partial charge in [-0.15, -0.1) is 0 Å². The van der Waals surface area contributed by atoms with Gasteiger partial charge in [0.15, 0.2) is 11.5 Å². The number of rotatable bonds is 5. The molecule has 0 saturated carbocycles. The van der Waals surface area contributed by atoms with Crippen LogP contribution < -0.4 is 14.2 Å². The Hall–Kier alpha value is -3.22. The number of phenols is 1. The maximum atomic E-state index is 12.2. The average Bonchev–Trinajstić information content (AvgIpc) is 2.61. The molecule has 0 aliphatic carbocycles. The van der Waals surface area contributed by atoms with Gasteiger partial charge in [-0.05, 0) is 24.3 Å². The predicted molar refractivity (Wildman–Crippen MR) is 84.0 cm³/mol. The minimum absolute atomic E-state index is 0.0790. The molecule has 7 heteroatoms. The summed E-state index contributed by atoms with van der Waals surface area (Å²) in [6, 6.07) is 8.39. The number of hydrogen-bond acceptors (Lipinski definition) is 7. The highest BCUT2D eigenvalue weighted by atomic mass is 16.5. The zero-order valence-corrected chi connectivity index (χ0v) is 13.4. The van der Waals surface area contributed by atoms with Crippen LogP contribution >= 0.6 is 0 Å². The van der Waals surface area contributed by atoms with E-state index in [9.17, 15) is 14.7 Å². The lowest BCUT2D eigenvalue weighted by molar-refractivity contribution is 0.0600. The van der Waals surface area contributed by atoms with Crippen molar-refractivity contribution in [3.8, 4) is 23.0 Å². The fourth-order valence-corrected chi connectivity index (χ4v) is 1.97. The topological polar surface area (TPSA) is 91.3 Å². The molecule has 0 saturated heterocycles. The average molecular weight is 332 g/mol. The molecular weight excluding hydrogens is 316 g/mol. The Bertz CT molecular complexity index is 750. The second-order valence-electron chi connectivity index (χ2n) is 4.63. The number of methoxy groups -OCH3 is 3. The lowest BCUT2D eigenvalue weighted by atomic mass is 10.1. The number of benzene rings is 2. The van der Waals surface area contributed by atoms with Crippen LogP contribution in [0.3, 0.4) is 0 Å². The van der Waals surface area contributed by atoms with Crippen molar-refractivity contribution >= 4 is 11.9 Å². The van der Waals surface area contributed by atoms with Crippen molar-refractivity contribution in [2.45, 2.75) is 0 Å². The summed E-state index contributed by atoms with van der Waals surface area (Å²) < 4.78 is 19.9. The summed E-state index contributed by atoms with van der Waals surface area (Å²) in [5.74, 6) is -0.798. The van der Waals surface area contributed by atoms with Crippen molar-refractivity contribution < 1.29 is 33.6 Å². The van der Waals surface area contributed by atoms with E-state index in [-0.39, 0.29) is 28.6 Å². The summed E-state index contributed by atoms with van der Waals surface area (Å²) >= 11 is 0. The van der Waals surface area contributed by atoms with Gasteiger partial charge >= 0.3 is 11.9 Å². The van der Waals surface area contributed by atoms with E-state index >= 15 is 0 Å². The third-order valence-corrected chi connectivity index (χ3v) is 3.21. The van der Waals surface area contributed by atoms with Crippen molar-refractivity contribution in [1.82, 2.24) is 0 Å². The van der Waals surface area contributed by atoms with Gasteiger partial charge in [0.25, 0.3) is 0 Å². The van der Waals surface area contributed by atoms with Gasteiger partial charge in [0.2, 0.25) is 0 Å². The Balaban J connectivity index is 2.22. The number of aromatic hydroxyl groups is 1. The Kier molecular flexibility index (Phi) is 5.26. The maximum Gasteiger partial charge on any atom is 0.347 e. The van der Waals surface area contributed by atoms with Crippen molar-refractivity contribution in [1.29, 1.82) is 0 Å². The monoisotopic (exact) mass is 332 g/mol. The Morgan fingerprint density at radius 1 is 0.875 bits per heavy atom. The summed E-state index contributed by atoms with van der Waals surface area (Å²) in [6.07, 6.45) is 0. The number of hydrogen-bond donors (Lipinski definition) is 1. The molecule has 0 spiro atoms. The van der Waals surface area contributed by atoms with Gasteiger partial charge in [-0.25, -0.2) is 9.59 Å². The standard InChI is InChI=1S/C17H16O7/c1-21-14-8-12(13(18)9-15(14)22-2)17(20)24-11-6-4-10(5-7-11)16(19)23-3/h4-9,18H,1-3H3. The van der Waals surface area contributed by atoms with E-state index in [1.807, 2.05) is 0 Å². The van der Waals surface area contributed by atoms with Crippen LogP contribution in [0.15, 0.2) is 36.4 Å². The first-order valence-corrected chi connectivity index (χ1v) is 6.85. The van der Waals surface area contributed by atoms with Crippen molar-refractivity contribution in [2.24, 2.45) is 0 Å². The van der Waals surface area contributed by atoms with Crippen molar-refractivity contribution in [3.63, 3.8) is 0 Å². The molecule has 0 aromatic heterocycles. The van der Waals surface area contributed by atoms with Crippen LogP contribution in [0.2, 0.25) is 0 Å². The molecule has 2 aromatic rings. The first-order valence-electron chi connectivity index (χ1n) is 6.85. The van der Waals surface area contributed by atoms with E-state index in [0.29, 0.717) is 5.56 Å². The van der Waals surface area contributed by atoms with Crippen LogP contribution in [0.1, 0.15) is 20.7 Å². The molecule has 7 nitrogen and oxygen atoms in total. The second-order valence-corrected chi connectivity index (χ2v) is 4.63. The smallest absolute Gasteiger partial charge is 0.347 e. The SMILES string of the molecule is COC(=O)c1ccc(OC(=O)c2cc(OC)c(OC)cc2O)cc1. The summed E-state index contributed by atoms with van der Waals surface area (Å²) in [4.78, 5) is 23.6. The molecule has 0 amide bonds. The third-order valence-electron chi connectivity index (χ3n) is 3.21. The maximum absolute atomic E-state index is 12.2. The molecule has 126 valence electrons. The van der Waals surface area contributed by atoms with Crippen LogP contribution in [-0.2, 0) is 4.74 Å². The number of ether oxygens (including phenoxy) is 4. The molecule has 0 unspecified atom stereocenters. The zero-order chi connectivity index (χ0) is 17.7. The van der Waals surface area contributed by atoms with E-state index in [4.69, 9.17) is 14.2 Å². The van der Waals surface area contributed by atoms with Gasteiger partial charge < -0.3 is 24.1 Å². The van der Waals surface area contributed by atoms with Crippen molar-refractivity contribution in [3.05, 3.63) is 47.5 Å². The molecule has 2 rings (SSSR count). The minimum Gasteiger partial charge on any atom is -0.507 e. The quantitative estimate of drug-likeness (QED) is 0.664. The van der Waals surface area contributed by atoms with E-state index < -0.39 is 11.9 Å². The lowest BCUT2D eigenvalue weighted by Crippen LogP contribution is -2.10. The molecule has 0 aliphatic rings.